The van der Waals surface area contributed by atoms with Gasteiger partial charge in [-0.2, -0.15) is 0 Å². The lowest BCUT2D eigenvalue weighted by molar-refractivity contribution is -0.127. The Balaban J connectivity index is 2.09. The van der Waals surface area contributed by atoms with Crippen LogP contribution in [-0.2, 0) is 16.0 Å². The molecule has 0 atom stereocenters. The molecule has 1 aromatic carbocycles. The monoisotopic (exact) mass is 248 g/mol. The molecule has 0 radical (unpaired) electrons. The summed E-state index contributed by atoms with van der Waals surface area (Å²) in [5, 5.41) is 0. The van der Waals surface area contributed by atoms with Crippen molar-refractivity contribution in [3.8, 4) is 0 Å². The second-order valence-corrected chi connectivity index (χ2v) is 5.54. The van der Waals surface area contributed by atoms with Crippen LogP contribution in [0.3, 0.4) is 0 Å². The van der Waals surface area contributed by atoms with Crippen LogP contribution in [0.15, 0.2) is 18.2 Å². The molecule has 98 valence electrons. The van der Waals surface area contributed by atoms with E-state index in [4.69, 9.17) is 10.5 Å². The number of carbonyl (C=O) groups excluding carboxylic acids is 1. The number of nitrogen functional groups attached to an aromatic ring is 1. The minimum atomic E-state index is -0.298. The molecule has 1 aromatic rings. The lowest BCUT2D eigenvalue weighted by atomic mass is 10.1. The highest BCUT2D eigenvalue weighted by Gasteiger charge is 2.26. The summed E-state index contributed by atoms with van der Waals surface area (Å²) in [6.45, 7) is 6.62. The molecule has 0 aliphatic carbocycles. The molecule has 0 spiro atoms. The van der Waals surface area contributed by atoms with Crippen molar-refractivity contribution in [2.24, 2.45) is 0 Å². The van der Waals surface area contributed by atoms with Crippen LogP contribution >= 0.6 is 0 Å². The number of nitrogens with zero attached hydrogens (tertiary/aromatic N) is 1. The highest BCUT2D eigenvalue weighted by Crippen LogP contribution is 2.32. The molecule has 0 saturated heterocycles. The number of hydrogen-bond acceptors (Lipinski definition) is 3. The zero-order chi connectivity index (χ0) is 13.3. The van der Waals surface area contributed by atoms with Gasteiger partial charge in [-0.25, -0.2) is 0 Å². The number of fused-ring (bicyclic) bond motifs is 1. The van der Waals surface area contributed by atoms with Gasteiger partial charge in [-0.1, -0.05) is 6.07 Å². The highest BCUT2D eigenvalue weighted by atomic mass is 16.5. The van der Waals surface area contributed by atoms with Gasteiger partial charge in [0.2, 0.25) is 0 Å². The fraction of sp³-hybridized carbons (Fsp3) is 0.500. The maximum Gasteiger partial charge on any atom is 0.253 e. The molecule has 0 saturated carbocycles. The molecule has 2 N–H and O–H groups in total. The standard InChI is InChI=1S/C14H20N2O2/c1-14(2,3)18-9-13(17)16-8-7-10-11(15)5-4-6-12(10)16/h4-6H,7-9,15H2,1-3H3. The first-order valence-electron chi connectivity index (χ1n) is 6.20. The molecule has 0 aromatic heterocycles. The minimum absolute atomic E-state index is 0.00530. The van der Waals surface area contributed by atoms with E-state index in [1.54, 1.807) is 4.90 Å². The van der Waals surface area contributed by atoms with Gasteiger partial charge in [-0.05, 0) is 39.3 Å². The van der Waals surface area contributed by atoms with E-state index in [-0.39, 0.29) is 18.1 Å². The van der Waals surface area contributed by atoms with Crippen LogP contribution in [0.25, 0.3) is 0 Å². The summed E-state index contributed by atoms with van der Waals surface area (Å²) in [4.78, 5) is 13.9. The lowest BCUT2D eigenvalue weighted by Gasteiger charge is -2.22. The largest absolute Gasteiger partial charge is 0.398 e. The summed E-state index contributed by atoms with van der Waals surface area (Å²) in [5.41, 5.74) is 8.37. The quantitative estimate of drug-likeness (QED) is 0.814. The van der Waals surface area contributed by atoms with E-state index >= 15 is 0 Å². The number of hydrogen-bond donors (Lipinski definition) is 1. The third-order valence-corrected chi connectivity index (χ3v) is 2.99. The summed E-state index contributed by atoms with van der Waals surface area (Å²) in [6.07, 6.45) is 0.823. The predicted molar refractivity (Wildman–Crippen MR) is 72.6 cm³/mol. The van der Waals surface area contributed by atoms with Crippen LogP contribution in [0, 0.1) is 0 Å². The number of benzene rings is 1. The zero-order valence-electron chi connectivity index (χ0n) is 11.2. The van der Waals surface area contributed by atoms with E-state index in [1.165, 1.54) is 0 Å². The second kappa shape index (κ2) is 4.61. The molecule has 1 heterocycles. The van der Waals surface area contributed by atoms with Crippen LogP contribution < -0.4 is 10.6 Å². The number of nitrogens with two attached hydrogens (primary N) is 1. The molecule has 4 heteroatoms. The third kappa shape index (κ3) is 2.64. The van der Waals surface area contributed by atoms with Gasteiger partial charge in [0, 0.05) is 23.5 Å². The van der Waals surface area contributed by atoms with Crippen LogP contribution in [0.1, 0.15) is 26.3 Å². The summed E-state index contributed by atoms with van der Waals surface area (Å²) >= 11 is 0. The summed E-state index contributed by atoms with van der Waals surface area (Å²) in [7, 11) is 0. The first-order chi connectivity index (χ1) is 8.38. The van der Waals surface area contributed by atoms with Gasteiger partial charge in [0.25, 0.3) is 5.91 Å². The molecule has 0 bridgehead atoms. The van der Waals surface area contributed by atoms with Gasteiger partial charge in [-0.15, -0.1) is 0 Å². The SMILES string of the molecule is CC(C)(C)OCC(=O)N1CCc2c(N)cccc21. The van der Waals surface area contributed by atoms with E-state index < -0.39 is 0 Å². The molecule has 1 aliphatic rings. The third-order valence-electron chi connectivity index (χ3n) is 2.99. The Kier molecular flexibility index (Phi) is 3.30. The molecule has 0 unspecified atom stereocenters. The van der Waals surface area contributed by atoms with Crippen molar-refractivity contribution >= 4 is 17.3 Å². The van der Waals surface area contributed by atoms with Gasteiger partial charge < -0.3 is 15.4 Å². The van der Waals surface area contributed by atoms with Crippen molar-refractivity contribution in [2.75, 3.05) is 23.8 Å². The summed E-state index contributed by atoms with van der Waals surface area (Å²) < 4.78 is 5.53. The first-order valence-corrected chi connectivity index (χ1v) is 6.20. The van der Waals surface area contributed by atoms with Gasteiger partial charge in [0.15, 0.2) is 0 Å². The van der Waals surface area contributed by atoms with Crippen LogP contribution in [0.5, 0.6) is 0 Å². The molecule has 4 nitrogen and oxygen atoms in total. The van der Waals surface area contributed by atoms with Crippen molar-refractivity contribution in [1.29, 1.82) is 0 Å². The van der Waals surface area contributed by atoms with E-state index in [2.05, 4.69) is 0 Å². The minimum Gasteiger partial charge on any atom is -0.398 e. The van der Waals surface area contributed by atoms with E-state index in [1.807, 2.05) is 39.0 Å². The van der Waals surface area contributed by atoms with Crippen molar-refractivity contribution in [3.63, 3.8) is 0 Å². The lowest BCUT2D eigenvalue weighted by Crippen LogP contribution is -2.35. The van der Waals surface area contributed by atoms with Gasteiger partial charge in [0.1, 0.15) is 6.61 Å². The number of carbonyl (C=O) groups is 1. The Bertz CT molecular complexity index is 463. The molecular weight excluding hydrogens is 228 g/mol. The van der Waals surface area contributed by atoms with Crippen molar-refractivity contribution in [2.45, 2.75) is 32.8 Å². The smallest absolute Gasteiger partial charge is 0.253 e. The van der Waals surface area contributed by atoms with E-state index in [0.29, 0.717) is 6.54 Å². The molecule has 1 aliphatic heterocycles. The topological polar surface area (TPSA) is 55.6 Å². The average Bonchev–Trinajstić information content (AvgIpc) is 2.70. The van der Waals surface area contributed by atoms with E-state index in [9.17, 15) is 4.79 Å². The molecule has 1 amide bonds. The Morgan fingerprint density at radius 2 is 2.17 bits per heavy atom. The molecule has 18 heavy (non-hydrogen) atoms. The maximum atomic E-state index is 12.1. The normalized spacial score (nSPS) is 14.7. The Morgan fingerprint density at radius 3 is 2.83 bits per heavy atom. The van der Waals surface area contributed by atoms with Gasteiger partial charge in [0.05, 0.1) is 5.60 Å². The maximum absolute atomic E-state index is 12.1. The van der Waals surface area contributed by atoms with Crippen molar-refractivity contribution in [1.82, 2.24) is 0 Å². The van der Waals surface area contributed by atoms with Crippen molar-refractivity contribution < 1.29 is 9.53 Å². The first kappa shape index (κ1) is 12.9. The van der Waals surface area contributed by atoms with Crippen LogP contribution in [0.2, 0.25) is 0 Å². The Morgan fingerprint density at radius 1 is 1.44 bits per heavy atom. The Labute approximate surface area is 108 Å². The molecule has 2 rings (SSSR count). The predicted octanol–water partition coefficient (Wildman–Crippen LogP) is 1.97. The number of rotatable bonds is 2. The fourth-order valence-corrected chi connectivity index (χ4v) is 2.08. The zero-order valence-corrected chi connectivity index (χ0v) is 11.2. The second-order valence-electron chi connectivity index (χ2n) is 5.54. The van der Waals surface area contributed by atoms with Crippen LogP contribution in [-0.4, -0.2) is 24.7 Å². The molecule has 0 fully saturated rings. The number of amides is 1. The van der Waals surface area contributed by atoms with Gasteiger partial charge >= 0.3 is 0 Å². The van der Waals surface area contributed by atoms with Crippen molar-refractivity contribution in [3.05, 3.63) is 23.8 Å². The number of ether oxygens (including phenoxy) is 1. The summed E-state index contributed by atoms with van der Waals surface area (Å²) in [5.74, 6) is -0.00530. The summed E-state index contributed by atoms with van der Waals surface area (Å²) in [6, 6.07) is 5.69. The number of anilines is 2. The average molecular weight is 248 g/mol. The Hall–Kier alpha value is -1.55. The van der Waals surface area contributed by atoms with Crippen LogP contribution in [0.4, 0.5) is 11.4 Å². The molecular formula is C14H20N2O2. The van der Waals surface area contributed by atoms with Gasteiger partial charge in [-0.3, -0.25) is 4.79 Å². The van der Waals surface area contributed by atoms with E-state index in [0.717, 1.165) is 23.4 Å². The fourth-order valence-electron chi connectivity index (χ4n) is 2.08. The highest BCUT2D eigenvalue weighted by molar-refractivity contribution is 5.97.